The quantitative estimate of drug-likeness (QED) is 0.729. The van der Waals surface area contributed by atoms with Gasteiger partial charge in [0.1, 0.15) is 0 Å². The lowest BCUT2D eigenvalue weighted by Gasteiger charge is -2.16. The van der Waals surface area contributed by atoms with Crippen molar-refractivity contribution >= 4 is 15.9 Å². The first-order valence-corrected chi connectivity index (χ1v) is 9.06. The molecule has 0 spiro atoms. The van der Waals surface area contributed by atoms with Gasteiger partial charge in [0.05, 0.1) is 12.2 Å². The van der Waals surface area contributed by atoms with Crippen LogP contribution in [0.5, 0.6) is 0 Å². The highest BCUT2D eigenvalue weighted by Crippen LogP contribution is 2.27. The number of tetrazole rings is 1. The summed E-state index contributed by atoms with van der Waals surface area (Å²) in [5, 5.41) is 12.2. The molecule has 0 saturated carbocycles. The van der Waals surface area contributed by atoms with Crippen molar-refractivity contribution in [2.75, 3.05) is 13.1 Å². The molecule has 1 aromatic heterocycles. The van der Waals surface area contributed by atoms with E-state index >= 15 is 0 Å². The Kier molecular flexibility index (Phi) is 4.61. The maximum Gasteiger partial charge on any atom is 0.170 e. The Labute approximate surface area is 154 Å². The number of nitrogens with two attached hydrogens (primary N) is 1. The number of hydrogen-bond acceptors (Lipinski definition) is 5. The summed E-state index contributed by atoms with van der Waals surface area (Å²) < 4.78 is 2.75. The predicted octanol–water partition coefficient (Wildman–Crippen LogP) is 2.35. The van der Waals surface area contributed by atoms with E-state index in [9.17, 15) is 0 Å². The first-order chi connectivity index (χ1) is 12.2. The van der Waals surface area contributed by atoms with E-state index in [1.165, 1.54) is 5.56 Å². The summed E-state index contributed by atoms with van der Waals surface area (Å²) in [7, 11) is 0. The Hall–Kier alpha value is -2.09. The Bertz CT molecular complexity index is 850. The zero-order valence-electron chi connectivity index (χ0n) is 13.7. The lowest BCUT2D eigenvalue weighted by Crippen LogP contribution is -2.29. The van der Waals surface area contributed by atoms with Crippen molar-refractivity contribution in [1.82, 2.24) is 25.1 Å². The second-order valence-electron chi connectivity index (χ2n) is 6.33. The van der Waals surface area contributed by atoms with Gasteiger partial charge < -0.3 is 5.73 Å². The third kappa shape index (κ3) is 3.35. The first kappa shape index (κ1) is 16.4. The van der Waals surface area contributed by atoms with E-state index in [4.69, 9.17) is 5.73 Å². The van der Waals surface area contributed by atoms with Gasteiger partial charge in [-0.1, -0.05) is 42.5 Å². The molecule has 2 aromatic carbocycles. The third-order valence-corrected chi connectivity index (χ3v) is 5.32. The zero-order chi connectivity index (χ0) is 17.2. The molecule has 1 saturated heterocycles. The minimum Gasteiger partial charge on any atom is -0.326 e. The van der Waals surface area contributed by atoms with Gasteiger partial charge in [-0.05, 0) is 44.1 Å². The van der Waals surface area contributed by atoms with Crippen LogP contribution in [0.4, 0.5) is 0 Å². The molecule has 1 aliphatic rings. The van der Waals surface area contributed by atoms with Gasteiger partial charge in [0.15, 0.2) is 5.82 Å². The summed E-state index contributed by atoms with van der Waals surface area (Å²) in [5.74, 6) is 1.15. The lowest BCUT2D eigenvalue weighted by molar-refractivity contribution is 0.312. The molecule has 2 atom stereocenters. The smallest absolute Gasteiger partial charge is 0.170 e. The van der Waals surface area contributed by atoms with E-state index in [0.717, 1.165) is 29.1 Å². The summed E-state index contributed by atoms with van der Waals surface area (Å²) in [6.45, 7) is 2.42. The maximum absolute atomic E-state index is 6.40. The van der Waals surface area contributed by atoms with E-state index in [2.05, 4.69) is 60.6 Å². The molecule has 6 nitrogen and oxygen atoms in total. The number of aromatic nitrogens is 4. The fourth-order valence-electron chi connectivity index (χ4n) is 3.41. The average Bonchev–Trinajstić information content (AvgIpc) is 3.23. The topological polar surface area (TPSA) is 72.9 Å². The van der Waals surface area contributed by atoms with Crippen molar-refractivity contribution in [2.24, 2.45) is 5.73 Å². The normalized spacial score (nSPS) is 20.9. The average molecular weight is 399 g/mol. The Morgan fingerprint density at radius 2 is 1.80 bits per heavy atom. The second-order valence-corrected chi connectivity index (χ2v) is 7.19. The van der Waals surface area contributed by atoms with Crippen LogP contribution in [0.1, 0.15) is 17.3 Å². The minimum absolute atomic E-state index is 0.121. The second kappa shape index (κ2) is 7.03. The van der Waals surface area contributed by atoms with Gasteiger partial charge in [0, 0.05) is 29.5 Å². The monoisotopic (exact) mass is 398 g/mol. The minimum atomic E-state index is 0.121. The SMILES string of the molecule is N[C@@H]1CN(Cc2nnnn2-c2ccccc2Br)C[C@H]1c1ccccc1. The molecule has 3 aromatic rings. The predicted molar refractivity (Wildman–Crippen MR) is 99.3 cm³/mol. The number of para-hydroxylation sites is 1. The first-order valence-electron chi connectivity index (χ1n) is 8.27. The van der Waals surface area contributed by atoms with Crippen LogP contribution in [0.25, 0.3) is 5.69 Å². The van der Waals surface area contributed by atoms with Crippen molar-refractivity contribution in [3.05, 3.63) is 70.5 Å². The van der Waals surface area contributed by atoms with Crippen molar-refractivity contribution in [1.29, 1.82) is 0 Å². The van der Waals surface area contributed by atoms with Crippen LogP contribution in [0, 0.1) is 0 Å². The maximum atomic E-state index is 6.40. The van der Waals surface area contributed by atoms with E-state index in [1.54, 1.807) is 4.68 Å². The van der Waals surface area contributed by atoms with Gasteiger partial charge in [0.2, 0.25) is 0 Å². The van der Waals surface area contributed by atoms with E-state index in [-0.39, 0.29) is 6.04 Å². The van der Waals surface area contributed by atoms with Gasteiger partial charge in [-0.3, -0.25) is 4.90 Å². The number of nitrogens with zero attached hydrogens (tertiary/aromatic N) is 5. The number of halogens is 1. The third-order valence-electron chi connectivity index (χ3n) is 4.65. The fraction of sp³-hybridized carbons (Fsp3) is 0.278. The number of rotatable bonds is 4. The van der Waals surface area contributed by atoms with Crippen LogP contribution < -0.4 is 5.73 Å². The molecule has 2 heterocycles. The lowest BCUT2D eigenvalue weighted by atomic mass is 9.95. The summed E-state index contributed by atoms with van der Waals surface area (Å²) in [5.41, 5.74) is 8.63. The van der Waals surface area contributed by atoms with E-state index < -0.39 is 0 Å². The van der Waals surface area contributed by atoms with Crippen LogP contribution in [0.15, 0.2) is 59.1 Å². The molecule has 1 fully saturated rings. The number of hydrogen-bond donors (Lipinski definition) is 1. The summed E-state index contributed by atoms with van der Waals surface area (Å²) in [4.78, 5) is 2.32. The van der Waals surface area contributed by atoms with Crippen molar-refractivity contribution < 1.29 is 0 Å². The number of benzene rings is 2. The highest BCUT2D eigenvalue weighted by atomic mass is 79.9. The molecule has 128 valence electrons. The fourth-order valence-corrected chi connectivity index (χ4v) is 3.86. The largest absolute Gasteiger partial charge is 0.326 e. The summed E-state index contributed by atoms with van der Waals surface area (Å²) in [6, 6.07) is 18.5. The molecule has 2 N–H and O–H groups in total. The van der Waals surface area contributed by atoms with Crippen molar-refractivity contribution in [3.8, 4) is 5.69 Å². The van der Waals surface area contributed by atoms with Crippen LogP contribution >= 0.6 is 15.9 Å². The van der Waals surface area contributed by atoms with Crippen LogP contribution in [0.2, 0.25) is 0 Å². The molecule has 0 radical (unpaired) electrons. The standard InChI is InChI=1S/C18H19BrN6/c19-15-8-4-5-9-17(15)25-18(21-22-23-25)12-24-10-14(16(20)11-24)13-6-2-1-3-7-13/h1-9,14,16H,10-12,20H2/t14-,16+/m0/s1. The molecular weight excluding hydrogens is 380 g/mol. The molecule has 1 aliphatic heterocycles. The molecule has 25 heavy (non-hydrogen) atoms. The molecule has 0 aliphatic carbocycles. The Morgan fingerprint density at radius 1 is 1.04 bits per heavy atom. The van der Waals surface area contributed by atoms with Gasteiger partial charge in [-0.2, -0.15) is 4.68 Å². The molecule has 0 amide bonds. The van der Waals surface area contributed by atoms with E-state index in [0.29, 0.717) is 12.5 Å². The molecular formula is C18H19BrN6. The molecule has 0 bridgehead atoms. The highest BCUT2D eigenvalue weighted by molar-refractivity contribution is 9.10. The summed E-state index contributed by atoms with van der Waals surface area (Å²) >= 11 is 3.56. The highest BCUT2D eigenvalue weighted by Gasteiger charge is 2.32. The van der Waals surface area contributed by atoms with Gasteiger partial charge in [-0.25, -0.2) is 0 Å². The van der Waals surface area contributed by atoms with Crippen LogP contribution in [-0.4, -0.2) is 44.2 Å². The molecule has 7 heteroatoms. The van der Waals surface area contributed by atoms with Crippen molar-refractivity contribution in [2.45, 2.75) is 18.5 Å². The number of likely N-dealkylation sites (tertiary alicyclic amines) is 1. The zero-order valence-corrected chi connectivity index (χ0v) is 15.2. The van der Waals surface area contributed by atoms with Gasteiger partial charge in [-0.15, -0.1) is 5.10 Å². The van der Waals surface area contributed by atoms with E-state index in [1.807, 2.05) is 30.3 Å². The Morgan fingerprint density at radius 3 is 2.60 bits per heavy atom. The van der Waals surface area contributed by atoms with Gasteiger partial charge in [0.25, 0.3) is 0 Å². The Balaban J connectivity index is 1.53. The van der Waals surface area contributed by atoms with Crippen molar-refractivity contribution in [3.63, 3.8) is 0 Å². The summed E-state index contributed by atoms with van der Waals surface area (Å²) in [6.07, 6.45) is 0. The van der Waals surface area contributed by atoms with Gasteiger partial charge >= 0.3 is 0 Å². The van der Waals surface area contributed by atoms with Crippen LogP contribution in [0.3, 0.4) is 0 Å². The van der Waals surface area contributed by atoms with Crippen LogP contribution in [-0.2, 0) is 6.54 Å². The molecule has 4 rings (SSSR count). The molecule has 0 unspecified atom stereocenters.